The predicted octanol–water partition coefficient (Wildman–Crippen LogP) is 2.47. The van der Waals surface area contributed by atoms with E-state index in [1.165, 1.54) is 0 Å². The molecular weight excluding hydrogens is 280 g/mol. The smallest absolute Gasteiger partial charge is 0.321 e. The normalized spacial score (nSPS) is 17.3. The highest BCUT2D eigenvalue weighted by atomic mass is 16.5. The molecular formula is C16H18N4O2. The number of urea groups is 1. The average Bonchev–Trinajstić information content (AvgIpc) is 2.97. The van der Waals surface area contributed by atoms with Crippen molar-refractivity contribution in [2.75, 3.05) is 18.4 Å². The zero-order valence-corrected chi connectivity index (χ0v) is 12.4. The minimum Gasteiger partial charge on any atom is -0.472 e. The van der Waals surface area contributed by atoms with Crippen molar-refractivity contribution in [1.82, 2.24) is 14.9 Å². The van der Waals surface area contributed by atoms with Crippen molar-refractivity contribution in [3.63, 3.8) is 0 Å². The fourth-order valence-electron chi connectivity index (χ4n) is 2.40. The van der Waals surface area contributed by atoms with Crippen LogP contribution in [0.2, 0.25) is 0 Å². The molecule has 1 N–H and O–H groups in total. The number of likely N-dealkylation sites (tertiary alicyclic amines) is 1. The van der Waals surface area contributed by atoms with Gasteiger partial charge in [-0.2, -0.15) is 4.98 Å². The highest BCUT2D eigenvalue weighted by Gasteiger charge is 2.28. The van der Waals surface area contributed by atoms with E-state index < -0.39 is 0 Å². The molecule has 0 unspecified atom stereocenters. The number of nitrogens with one attached hydrogen (secondary N) is 1. The lowest BCUT2D eigenvalue weighted by molar-refractivity contribution is 0.189. The van der Waals surface area contributed by atoms with E-state index in [0.29, 0.717) is 24.8 Å². The standard InChI is InChI=1S/C16H18N4O2/c1-12-17-9-7-15(18-12)22-14-8-10-20(11-14)16(21)19-13-5-3-2-4-6-13/h2-7,9,14H,8,10-11H2,1H3,(H,19,21)/t14-/m0/s1. The molecule has 2 amide bonds. The Kier molecular flexibility index (Phi) is 4.18. The van der Waals surface area contributed by atoms with Gasteiger partial charge in [0.2, 0.25) is 5.88 Å². The van der Waals surface area contributed by atoms with Gasteiger partial charge in [-0.1, -0.05) is 18.2 Å². The topological polar surface area (TPSA) is 67.3 Å². The minimum absolute atomic E-state index is 0.0316. The molecule has 1 aliphatic heterocycles. The van der Waals surface area contributed by atoms with Crippen LogP contribution < -0.4 is 10.1 Å². The van der Waals surface area contributed by atoms with Gasteiger partial charge >= 0.3 is 6.03 Å². The van der Waals surface area contributed by atoms with E-state index in [9.17, 15) is 4.79 Å². The number of carbonyl (C=O) groups is 1. The van der Waals surface area contributed by atoms with Crippen LogP contribution in [0.1, 0.15) is 12.2 Å². The van der Waals surface area contributed by atoms with Crippen LogP contribution in [0.15, 0.2) is 42.6 Å². The SMILES string of the molecule is Cc1nccc(O[C@H]2CCN(C(=O)Nc3ccccc3)C2)n1. The Bertz CT molecular complexity index is 648. The fourth-order valence-corrected chi connectivity index (χ4v) is 2.40. The predicted molar refractivity (Wildman–Crippen MR) is 82.8 cm³/mol. The van der Waals surface area contributed by atoms with Crippen LogP contribution >= 0.6 is 0 Å². The number of para-hydroxylation sites is 1. The Morgan fingerprint density at radius 3 is 2.91 bits per heavy atom. The Balaban J connectivity index is 1.54. The third-order valence-electron chi connectivity index (χ3n) is 3.50. The fraction of sp³-hybridized carbons (Fsp3) is 0.312. The summed E-state index contributed by atoms with van der Waals surface area (Å²) in [5, 5.41) is 2.88. The molecule has 0 spiro atoms. The van der Waals surface area contributed by atoms with E-state index in [1.807, 2.05) is 37.3 Å². The Hall–Kier alpha value is -2.63. The Labute approximate surface area is 129 Å². The summed E-state index contributed by atoms with van der Waals surface area (Å²) >= 11 is 0. The molecule has 2 aromatic rings. The van der Waals surface area contributed by atoms with E-state index in [1.54, 1.807) is 17.2 Å². The zero-order valence-electron chi connectivity index (χ0n) is 12.4. The molecule has 1 saturated heterocycles. The van der Waals surface area contributed by atoms with Crippen molar-refractivity contribution < 1.29 is 9.53 Å². The Morgan fingerprint density at radius 1 is 1.32 bits per heavy atom. The molecule has 1 aromatic carbocycles. The maximum Gasteiger partial charge on any atom is 0.321 e. The summed E-state index contributed by atoms with van der Waals surface area (Å²) in [6, 6.07) is 11.1. The summed E-state index contributed by atoms with van der Waals surface area (Å²) < 4.78 is 5.81. The second-order valence-electron chi connectivity index (χ2n) is 5.21. The number of rotatable bonds is 3. The zero-order chi connectivity index (χ0) is 15.4. The first-order chi connectivity index (χ1) is 10.7. The van der Waals surface area contributed by atoms with Crippen LogP contribution in [0.5, 0.6) is 5.88 Å². The van der Waals surface area contributed by atoms with Gasteiger partial charge in [-0.25, -0.2) is 9.78 Å². The van der Waals surface area contributed by atoms with Crippen LogP contribution in [0.3, 0.4) is 0 Å². The molecule has 1 aromatic heterocycles. The second-order valence-corrected chi connectivity index (χ2v) is 5.21. The minimum atomic E-state index is -0.101. The molecule has 6 nitrogen and oxygen atoms in total. The summed E-state index contributed by atoms with van der Waals surface area (Å²) in [5.41, 5.74) is 0.795. The third-order valence-corrected chi connectivity index (χ3v) is 3.50. The number of amides is 2. The molecule has 1 aliphatic rings. The highest BCUT2D eigenvalue weighted by molar-refractivity contribution is 5.89. The molecule has 0 bridgehead atoms. The van der Waals surface area contributed by atoms with Crippen LogP contribution in [0, 0.1) is 6.92 Å². The summed E-state index contributed by atoms with van der Waals surface area (Å²) in [4.78, 5) is 22.2. The van der Waals surface area contributed by atoms with Crippen molar-refractivity contribution in [2.24, 2.45) is 0 Å². The lowest BCUT2D eigenvalue weighted by Gasteiger charge is -2.17. The average molecular weight is 298 g/mol. The largest absolute Gasteiger partial charge is 0.472 e. The summed E-state index contributed by atoms with van der Waals surface area (Å²) in [6.45, 7) is 3.05. The molecule has 1 atom stereocenters. The number of nitrogens with zero attached hydrogens (tertiary/aromatic N) is 3. The van der Waals surface area contributed by atoms with Crippen molar-refractivity contribution in [2.45, 2.75) is 19.4 Å². The van der Waals surface area contributed by atoms with Crippen LogP contribution in [0.25, 0.3) is 0 Å². The van der Waals surface area contributed by atoms with Crippen molar-refractivity contribution in [3.8, 4) is 5.88 Å². The van der Waals surface area contributed by atoms with E-state index in [0.717, 1.165) is 12.1 Å². The second kappa shape index (κ2) is 6.43. The van der Waals surface area contributed by atoms with E-state index in [2.05, 4.69) is 15.3 Å². The third kappa shape index (κ3) is 3.52. The van der Waals surface area contributed by atoms with Gasteiger partial charge in [0.1, 0.15) is 11.9 Å². The molecule has 6 heteroatoms. The van der Waals surface area contributed by atoms with Gasteiger partial charge < -0.3 is 15.0 Å². The van der Waals surface area contributed by atoms with E-state index in [-0.39, 0.29) is 12.1 Å². The molecule has 2 heterocycles. The lowest BCUT2D eigenvalue weighted by atomic mass is 10.3. The van der Waals surface area contributed by atoms with Crippen molar-refractivity contribution in [3.05, 3.63) is 48.4 Å². The molecule has 1 fully saturated rings. The van der Waals surface area contributed by atoms with Crippen LogP contribution in [-0.2, 0) is 0 Å². The monoisotopic (exact) mass is 298 g/mol. The van der Waals surface area contributed by atoms with E-state index in [4.69, 9.17) is 4.74 Å². The van der Waals surface area contributed by atoms with Gasteiger partial charge in [0.05, 0.1) is 6.54 Å². The summed E-state index contributed by atoms with van der Waals surface area (Å²) in [5.74, 6) is 1.23. The Morgan fingerprint density at radius 2 is 2.14 bits per heavy atom. The first-order valence-electron chi connectivity index (χ1n) is 7.28. The lowest BCUT2D eigenvalue weighted by Crippen LogP contribution is -2.34. The van der Waals surface area contributed by atoms with Crippen molar-refractivity contribution >= 4 is 11.7 Å². The molecule has 0 saturated carbocycles. The van der Waals surface area contributed by atoms with Crippen molar-refractivity contribution in [1.29, 1.82) is 0 Å². The van der Waals surface area contributed by atoms with Gasteiger partial charge in [0, 0.05) is 30.9 Å². The first-order valence-corrected chi connectivity index (χ1v) is 7.28. The number of aryl methyl sites for hydroxylation is 1. The summed E-state index contributed by atoms with van der Waals surface area (Å²) in [7, 11) is 0. The highest BCUT2D eigenvalue weighted by Crippen LogP contribution is 2.17. The molecule has 3 rings (SSSR count). The maximum absolute atomic E-state index is 12.2. The maximum atomic E-state index is 12.2. The van der Waals surface area contributed by atoms with Gasteiger partial charge in [0.15, 0.2) is 0 Å². The first kappa shape index (κ1) is 14.3. The molecule has 114 valence electrons. The number of carbonyl (C=O) groups excluding carboxylic acids is 1. The van der Waals surface area contributed by atoms with Gasteiger partial charge in [-0.15, -0.1) is 0 Å². The molecule has 22 heavy (non-hydrogen) atoms. The summed E-state index contributed by atoms with van der Waals surface area (Å²) in [6.07, 6.45) is 2.44. The van der Waals surface area contributed by atoms with Gasteiger partial charge in [-0.3, -0.25) is 0 Å². The van der Waals surface area contributed by atoms with E-state index >= 15 is 0 Å². The molecule has 0 radical (unpaired) electrons. The molecule has 0 aliphatic carbocycles. The van der Waals surface area contributed by atoms with Crippen LogP contribution in [0.4, 0.5) is 10.5 Å². The quantitative estimate of drug-likeness (QED) is 0.945. The number of aromatic nitrogens is 2. The van der Waals surface area contributed by atoms with Gasteiger partial charge in [-0.05, 0) is 19.1 Å². The number of anilines is 1. The van der Waals surface area contributed by atoms with Crippen LogP contribution in [-0.4, -0.2) is 40.1 Å². The van der Waals surface area contributed by atoms with Gasteiger partial charge in [0.25, 0.3) is 0 Å². The number of ether oxygens (including phenoxy) is 1. The number of hydrogen-bond donors (Lipinski definition) is 1. The number of benzene rings is 1. The number of hydrogen-bond acceptors (Lipinski definition) is 4.